The van der Waals surface area contributed by atoms with Crippen LogP contribution < -0.4 is 10.1 Å². The Morgan fingerprint density at radius 3 is 2.89 bits per heavy atom. The minimum atomic E-state index is -0.721. The molecule has 0 aromatic carbocycles. The van der Waals surface area contributed by atoms with Crippen molar-refractivity contribution >= 4 is 17.7 Å². The van der Waals surface area contributed by atoms with Crippen molar-refractivity contribution in [3.05, 3.63) is 17.8 Å². The molecule has 1 aliphatic carbocycles. The molecule has 3 rings (SSSR count). The average Bonchev–Trinajstić information content (AvgIpc) is 2.34. The standard InChI is InChI=1S/C12H12N2O4/c1-17-10(15)7-3-4-8-9(13-7)14-11(16)12(18-8)5-2-6-12/h3-4H,2,5-6H2,1H3,(H,13,14,16). The van der Waals surface area contributed by atoms with Crippen LogP contribution in [0.4, 0.5) is 5.82 Å². The summed E-state index contributed by atoms with van der Waals surface area (Å²) in [5.74, 6) is 0.0501. The summed E-state index contributed by atoms with van der Waals surface area (Å²) in [4.78, 5) is 27.3. The number of aromatic nitrogens is 1. The highest BCUT2D eigenvalue weighted by molar-refractivity contribution is 6.01. The Bertz CT molecular complexity index is 537. The number of carbonyl (C=O) groups excluding carboxylic acids is 2. The van der Waals surface area contributed by atoms with E-state index in [1.165, 1.54) is 13.2 Å². The molecule has 2 heterocycles. The quantitative estimate of drug-likeness (QED) is 0.753. The van der Waals surface area contributed by atoms with Crippen LogP contribution in [0.15, 0.2) is 12.1 Å². The summed E-state index contributed by atoms with van der Waals surface area (Å²) >= 11 is 0. The minimum absolute atomic E-state index is 0.143. The zero-order valence-electron chi connectivity index (χ0n) is 9.86. The molecule has 0 atom stereocenters. The van der Waals surface area contributed by atoms with E-state index in [4.69, 9.17) is 4.74 Å². The van der Waals surface area contributed by atoms with Crippen molar-refractivity contribution in [1.29, 1.82) is 0 Å². The number of pyridine rings is 1. The number of carbonyl (C=O) groups is 2. The number of fused-ring (bicyclic) bond motifs is 1. The van der Waals surface area contributed by atoms with Crippen molar-refractivity contribution in [1.82, 2.24) is 4.98 Å². The molecule has 0 unspecified atom stereocenters. The second-order valence-electron chi connectivity index (χ2n) is 4.44. The molecule has 1 N–H and O–H groups in total. The summed E-state index contributed by atoms with van der Waals surface area (Å²) in [5, 5.41) is 2.69. The van der Waals surface area contributed by atoms with E-state index < -0.39 is 11.6 Å². The fraction of sp³-hybridized carbons (Fsp3) is 0.417. The number of anilines is 1. The van der Waals surface area contributed by atoms with Gasteiger partial charge in [-0.25, -0.2) is 9.78 Å². The van der Waals surface area contributed by atoms with Crippen molar-refractivity contribution in [3.8, 4) is 5.75 Å². The molecule has 18 heavy (non-hydrogen) atoms. The van der Waals surface area contributed by atoms with E-state index in [0.29, 0.717) is 5.75 Å². The lowest BCUT2D eigenvalue weighted by molar-refractivity contribution is -0.140. The summed E-state index contributed by atoms with van der Waals surface area (Å²) in [6.07, 6.45) is 2.42. The summed E-state index contributed by atoms with van der Waals surface area (Å²) in [6.45, 7) is 0. The first-order valence-electron chi connectivity index (χ1n) is 5.74. The first-order valence-corrected chi connectivity index (χ1v) is 5.74. The molecule has 6 nitrogen and oxygen atoms in total. The highest BCUT2D eigenvalue weighted by Gasteiger charge is 2.50. The van der Waals surface area contributed by atoms with Crippen LogP contribution in [0.25, 0.3) is 0 Å². The van der Waals surface area contributed by atoms with Gasteiger partial charge < -0.3 is 14.8 Å². The average molecular weight is 248 g/mol. The molecule has 1 aliphatic heterocycles. The SMILES string of the molecule is COC(=O)c1ccc2c(n1)NC(=O)C1(CCC1)O2. The third-order valence-electron chi connectivity index (χ3n) is 3.37. The van der Waals surface area contributed by atoms with Gasteiger partial charge >= 0.3 is 5.97 Å². The predicted octanol–water partition coefficient (Wildman–Crippen LogP) is 1.12. The lowest BCUT2D eigenvalue weighted by Gasteiger charge is -2.42. The number of rotatable bonds is 1. The molecule has 0 radical (unpaired) electrons. The Hall–Kier alpha value is -2.11. The molecule has 2 aliphatic rings. The van der Waals surface area contributed by atoms with Gasteiger partial charge in [0.05, 0.1) is 7.11 Å². The largest absolute Gasteiger partial charge is 0.474 e. The van der Waals surface area contributed by atoms with Gasteiger partial charge in [0.1, 0.15) is 0 Å². The van der Waals surface area contributed by atoms with Gasteiger partial charge in [-0.2, -0.15) is 0 Å². The number of nitrogens with zero attached hydrogens (tertiary/aromatic N) is 1. The molecule has 1 saturated carbocycles. The smallest absolute Gasteiger partial charge is 0.356 e. The maximum Gasteiger partial charge on any atom is 0.356 e. The molecule has 1 aromatic heterocycles. The molecule has 6 heteroatoms. The maximum absolute atomic E-state index is 11.9. The summed E-state index contributed by atoms with van der Waals surface area (Å²) in [5.41, 5.74) is -0.578. The zero-order valence-corrected chi connectivity index (χ0v) is 9.86. The van der Waals surface area contributed by atoms with Crippen LogP contribution >= 0.6 is 0 Å². The fourth-order valence-corrected chi connectivity index (χ4v) is 2.14. The van der Waals surface area contributed by atoms with Crippen LogP contribution in [-0.4, -0.2) is 29.6 Å². The zero-order chi connectivity index (χ0) is 12.8. The maximum atomic E-state index is 11.9. The highest BCUT2D eigenvalue weighted by Crippen LogP contribution is 2.42. The third-order valence-corrected chi connectivity index (χ3v) is 3.37. The number of hydrogen-bond acceptors (Lipinski definition) is 5. The highest BCUT2D eigenvalue weighted by atomic mass is 16.5. The minimum Gasteiger partial charge on any atom is -0.474 e. The Balaban J connectivity index is 1.95. The number of methoxy groups -OCH3 is 1. The lowest BCUT2D eigenvalue weighted by atomic mass is 9.78. The van der Waals surface area contributed by atoms with Crippen LogP contribution in [0.3, 0.4) is 0 Å². The first-order chi connectivity index (χ1) is 8.64. The van der Waals surface area contributed by atoms with E-state index in [0.717, 1.165) is 19.3 Å². The number of amides is 1. The summed E-state index contributed by atoms with van der Waals surface area (Å²) in [6, 6.07) is 3.16. The topological polar surface area (TPSA) is 77.5 Å². The van der Waals surface area contributed by atoms with Gasteiger partial charge in [0.2, 0.25) is 0 Å². The molecule has 0 bridgehead atoms. The van der Waals surface area contributed by atoms with Crippen molar-refractivity contribution in [2.75, 3.05) is 12.4 Å². The molecule has 1 aromatic rings. The summed E-state index contributed by atoms with van der Waals surface area (Å²) in [7, 11) is 1.28. The van der Waals surface area contributed by atoms with Gasteiger partial charge in [-0.15, -0.1) is 0 Å². The number of esters is 1. The second kappa shape index (κ2) is 3.69. The van der Waals surface area contributed by atoms with Crippen LogP contribution in [0.1, 0.15) is 29.8 Å². The Kier molecular flexibility index (Phi) is 2.26. The predicted molar refractivity (Wildman–Crippen MR) is 61.4 cm³/mol. The van der Waals surface area contributed by atoms with Crippen molar-refractivity contribution in [2.24, 2.45) is 0 Å². The van der Waals surface area contributed by atoms with Gasteiger partial charge in [0.25, 0.3) is 5.91 Å². The molecular weight excluding hydrogens is 236 g/mol. The lowest BCUT2D eigenvalue weighted by Crippen LogP contribution is -2.55. The Morgan fingerprint density at radius 1 is 1.50 bits per heavy atom. The number of nitrogens with one attached hydrogen (secondary N) is 1. The molecule has 0 saturated heterocycles. The van der Waals surface area contributed by atoms with Crippen LogP contribution in [0, 0.1) is 0 Å². The van der Waals surface area contributed by atoms with E-state index in [-0.39, 0.29) is 17.4 Å². The van der Waals surface area contributed by atoms with Crippen molar-refractivity contribution in [2.45, 2.75) is 24.9 Å². The molecule has 94 valence electrons. The normalized spacial score (nSPS) is 19.3. The van der Waals surface area contributed by atoms with Crippen LogP contribution in [0.2, 0.25) is 0 Å². The van der Waals surface area contributed by atoms with E-state index in [9.17, 15) is 9.59 Å². The first kappa shape index (κ1) is 11.0. The number of ether oxygens (including phenoxy) is 2. The fourth-order valence-electron chi connectivity index (χ4n) is 2.14. The van der Waals surface area contributed by atoms with E-state index in [1.807, 2.05) is 0 Å². The van der Waals surface area contributed by atoms with Crippen LogP contribution in [-0.2, 0) is 9.53 Å². The van der Waals surface area contributed by atoms with E-state index in [2.05, 4.69) is 15.0 Å². The monoisotopic (exact) mass is 248 g/mol. The molecule has 1 spiro atoms. The number of hydrogen-bond donors (Lipinski definition) is 1. The molecule has 1 fully saturated rings. The Labute approximate surface area is 103 Å². The molecule has 1 amide bonds. The molecular formula is C12H12N2O4. The van der Waals surface area contributed by atoms with Gasteiger partial charge in [0.15, 0.2) is 22.9 Å². The summed E-state index contributed by atoms with van der Waals surface area (Å²) < 4.78 is 10.3. The third kappa shape index (κ3) is 1.45. The van der Waals surface area contributed by atoms with Gasteiger partial charge in [-0.1, -0.05) is 0 Å². The van der Waals surface area contributed by atoms with E-state index in [1.54, 1.807) is 6.07 Å². The van der Waals surface area contributed by atoms with Crippen LogP contribution in [0.5, 0.6) is 5.75 Å². The van der Waals surface area contributed by atoms with E-state index >= 15 is 0 Å². The van der Waals surface area contributed by atoms with Gasteiger partial charge in [0, 0.05) is 0 Å². The Morgan fingerprint density at radius 2 is 2.28 bits per heavy atom. The van der Waals surface area contributed by atoms with Crippen molar-refractivity contribution in [3.63, 3.8) is 0 Å². The second-order valence-corrected chi connectivity index (χ2v) is 4.44. The van der Waals surface area contributed by atoms with Gasteiger partial charge in [-0.3, -0.25) is 4.79 Å². The van der Waals surface area contributed by atoms with Gasteiger partial charge in [-0.05, 0) is 31.4 Å². The van der Waals surface area contributed by atoms with Crippen molar-refractivity contribution < 1.29 is 19.1 Å².